The van der Waals surface area contributed by atoms with Crippen LogP contribution in [0.1, 0.15) is 24.2 Å². The fourth-order valence-corrected chi connectivity index (χ4v) is 2.27. The minimum atomic E-state index is -4.22. The first-order valence-electron chi connectivity index (χ1n) is 5.81. The van der Waals surface area contributed by atoms with Crippen LogP contribution in [0.3, 0.4) is 0 Å². The molecule has 0 fully saturated rings. The lowest BCUT2D eigenvalue weighted by molar-refractivity contribution is 0.0773. The average Bonchev–Trinajstić information content (AvgIpc) is 2.29. The molecule has 1 aromatic rings. The number of rotatable bonds is 4. The predicted molar refractivity (Wildman–Crippen MR) is 69.5 cm³/mol. The van der Waals surface area contributed by atoms with Crippen LogP contribution in [0.15, 0.2) is 17.0 Å². The summed E-state index contributed by atoms with van der Waals surface area (Å²) in [5.74, 6) is -3.50. The van der Waals surface area contributed by atoms with Gasteiger partial charge in [0.25, 0.3) is 5.91 Å². The monoisotopic (exact) mass is 306 g/mol. The predicted octanol–water partition coefficient (Wildman–Crippen LogP) is 1.34. The van der Waals surface area contributed by atoms with Gasteiger partial charge in [-0.05, 0) is 18.1 Å². The summed E-state index contributed by atoms with van der Waals surface area (Å²) in [6.45, 7) is 4.02. The van der Waals surface area contributed by atoms with Gasteiger partial charge in [-0.3, -0.25) is 4.79 Å². The zero-order valence-electron chi connectivity index (χ0n) is 11.4. The van der Waals surface area contributed by atoms with Crippen LogP contribution in [-0.4, -0.2) is 32.8 Å². The van der Waals surface area contributed by atoms with Crippen molar-refractivity contribution in [3.05, 3.63) is 29.3 Å². The Labute approximate surface area is 116 Å². The molecule has 0 spiro atoms. The first-order valence-corrected chi connectivity index (χ1v) is 7.36. The Kier molecular flexibility index (Phi) is 4.82. The molecule has 0 aliphatic heterocycles. The topological polar surface area (TPSA) is 80.5 Å². The Bertz CT molecular complexity index is 630. The summed E-state index contributed by atoms with van der Waals surface area (Å²) >= 11 is 0. The minimum Gasteiger partial charge on any atom is -0.341 e. The summed E-state index contributed by atoms with van der Waals surface area (Å²) in [6, 6.07) is 1.19. The van der Waals surface area contributed by atoms with E-state index < -0.39 is 38.0 Å². The van der Waals surface area contributed by atoms with Crippen molar-refractivity contribution in [2.45, 2.75) is 18.7 Å². The molecule has 112 valence electrons. The second-order valence-corrected chi connectivity index (χ2v) is 6.45. The SMILES string of the molecule is CC(C)CN(C)C(=O)c1cc(S(N)(=O)=O)cc(F)c1F. The van der Waals surface area contributed by atoms with Crippen molar-refractivity contribution in [3.8, 4) is 0 Å². The summed E-state index contributed by atoms with van der Waals surface area (Å²) in [7, 11) is -2.80. The number of halogens is 2. The molecule has 1 amide bonds. The van der Waals surface area contributed by atoms with Gasteiger partial charge >= 0.3 is 0 Å². The van der Waals surface area contributed by atoms with Crippen LogP contribution in [0.2, 0.25) is 0 Å². The van der Waals surface area contributed by atoms with Crippen LogP contribution >= 0.6 is 0 Å². The Hall–Kier alpha value is -1.54. The Balaban J connectivity index is 3.31. The molecule has 5 nitrogen and oxygen atoms in total. The largest absolute Gasteiger partial charge is 0.341 e. The van der Waals surface area contributed by atoms with Crippen molar-refractivity contribution in [1.82, 2.24) is 4.90 Å². The van der Waals surface area contributed by atoms with Gasteiger partial charge in [-0.2, -0.15) is 0 Å². The molecular formula is C12H16F2N2O3S. The van der Waals surface area contributed by atoms with E-state index in [1.165, 1.54) is 11.9 Å². The van der Waals surface area contributed by atoms with Crippen LogP contribution in [0, 0.1) is 17.6 Å². The van der Waals surface area contributed by atoms with Crippen molar-refractivity contribution >= 4 is 15.9 Å². The van der Waals surface area contributed by atoms with Crippen LogP contribution in [-0.2, 0) is 10.0 Å². The van der Waals surface area contributed by atoms with Gasteiger partial charge in [-0.25, -0.2) is 22.3 Å². The highest BCUT2D eigenvalue weighted by atomic mass is 32.2. The number of hydrogen-bond donors (Lipinski definition) is 1. The number of carbonyl (C=O) groups excluding carboxylic acids is 1. The normalized spacial score (nSPS) is 11.8. The standard InChI is InChI=1S/C12H16F2N2O3S/c1-7(2)6-16(3)12(17)9-4-8(20(15,18)19)5-10(13)11(9)14/h4-5,7H,6H2,1-3H3,(H2,15,18,19). The van der Waals surface area contributed by atoms with E-state index in [9.17, 15) is 22.0 Å². The molecule has 1 aromatic carbocycles. The van der Waals surface area contributed by atoms with E-state index in [1.54, 1.807) is 0 Å². The zero-order valence-corrected chi connectivity index (χ0v) is 12.2. The molecule has 0 radical (unpaired) electrons. The molecule has 20 heavy (non-hydrogen) atoms. The van der Waals surface area contributed by atoms with Gasteiger partial charge in [0.15, 0.2) is 11.6 Å². The quantitative estimate of drug-likeness (QED) is 0.911. The number of primary sulfonamides is 1. The molecule has 0 bridgehead atoms. The van der Waals surface area contributed by atoms with Crippen molar-refractivity contribution in [3.63, 3.8) is 0 Å². The third-order valence-electron chi connectivity index (χ3n) is 2.55. The highest BCUT2D eigenvalue weighted by Gasteiger charge is 2.23. The van der Waals surface area contributed by atoms with Gasteiger partial charge in [-0.15, -0.1) is 0 Å². The van der Waals surface area contributed by atoms with E-state index in [1.807, 2.05) is 13.8 Å². The minimum absolute atomic E-state index is 0.123. The Morgan fingerprint density at radius 2 is 1.90 bits per heavy atom. The third-order valence-corrected chi connectivity index (χ3v) is 3.44. The maximum absolute atomic E-state index is 13.7. The molecule has 8 heteroatoms. The van der Waals surface area contributed by atoms with Crippen molar-refractivity contribution in [2.75, 3.05) is 13.6 Å². The number of hydrogen-bond acceptors (Lipinski definition) is 3. The maximum Gasteiger partial charge on any atom is 0.256 e. The number of nitrogens with two attached hydrogens (primary N) is 1. The lowest BCUT2D eigenvalue weighted by Crippen LogP contribution is -2.31. The second kappa shape index (κ2) is 5.84. The molecule has 0 aliphatic carbocycles. The average molecular weight is 306 g/mol. The smallest absolute Gasteiger partial charge is 0.256 e. The lowest BCUT2D eigenvalue weighted by Gasteiger charge is -2.20. The maximum atomic E-state index is 13.7. The van der Waals surface area contributed by atoms with Crippen LogP contribution in [0.4, 0.5) is 8.78 Å². The Morgan fingerprint density at radius 1 is 1.35 bits per heavy atom. The van der Waals surface area contributed by atoms with Gasteiger partial charge < -0.3 is 4.90 Å². The van der Waals surface area contributed by atoms with E-state index in [0.717, 1.165) is 6.07 Å². The van der Waals surface area contributed by atoms with Crippen LogP contribution in [0.5, 0.6) is 0 Å². The number of carbonyl (C=O) groups is 1. The first kappa shape index (κ1) is 16.5. The molecular weight excluding hydrogens is 290 g/mol. The van der Waals surface area contributed by atoms with Crippen molar-refractivity contribution < 1.29 is 22.0 Å². The molecule has 0 saturated heterocycles. The highest BCUT2D eigenvalue weighted by molar-refractivity contribution is 7.89. The number of sulfonamides is 1. The zero-order chi connectivity index (χ0) is 15.7. The fraction of sp³-hybridized carbons (Fsp3) is 0.417. The first-order chi connectivity index (χ1) is 9.04. The summed E-state index contributed by atoms with van der Waals surface area (Å²) in [5, 5.41) is 4.86. The molecule has 0 heterocycles. The lowest BCUT2D eigenvalue weighted by atomic mass is 10.1. The molecule has 0 saturated carbocycles. The number of nitrogens with zero attached hydrogens (tertiary/aromatic N) is 1. The molecule has 0 aliphatic rings. The number of amides is 1. The number of benzene rings is 1. The Morgan fingerprint density at radius 3 is 2.35 bits per heavy atom. The van der Waals surface area contributed by atoms with Gasteiger partial charge in [-0.1, -0.05) is 13.8 Å². The van der Waals surface area contributed by atoms with Crippen molar-refractivity contribution in [1.29, 1.82) is 0 Å². The molecule has 0 unspecified atom stereocenters. The molecule has 2 N–H and O–H groups in total. The summed E-state index contributed by atoms with van der Waals surface area (Å²) in [5.41, 5.74) is -0.655. The van der Waals surface area contributed by atoms with Gasteiger partial charge in [0, 0.05) is 13.6 Å². The summed E-state index contributed by atoms with van der Waals surface area (Å²) < 4.78 is 49.4. The third kappa shape index (κ3) is 3.73. The molecule has 0 aromatic heterocycles. The van der Waals surface area contributed by atoms with Gasteiger partial charge in [0.1, 0.15) is 0 Å². The van der Waals surface area contributed by atoms with Crippen LogP contribution in [0.25, 0.3) is 0 Å². The van der Waals surface area contributed by atoms with Crippen LogP contribution < -0.4 is 5.14 Å². The van der Waals surface area contributed by atoms with E-state index in [2.05, 4.69) is 0 Å². The van der Waals surface area contributed by atoms with E-state index in [4.69, 9.17) is 5.14 Å². The summed E-state index contributed by atoms with van der Waals surface area (Å²) in [6.07, 6.45) is 0. The van der Waals surface area contributed by atoms with E-state index in [-0.39, 0.29) is 5.92 Å². The van der Waals surface area contributed by atoms with Gasteiger partial charge in [0.05, 0.1) is 10.5 Å². The fourth-order valence-electron chi connectivity index (χ4n) is 1.72. The summed E-state index contributed by atoms with van der Waals surface area (Å²) in [4.78, 5) is 12.6. The van der Waals surface area contributed by atoms with Gasteiger partial charge in [0.2, 0.25) is 10.0 Å². The van der Waals surface area contributed by atoms with Crippen molar-refractivity contribution in [2.24, 2.45) is 11.1 Å². The second-order valence-electron chi connectivity index (χ2n) is 4.89. The van der Waals surface area contributed by atoms with E-state index in [0.29, 0.717) is 12.6 Å². The molecule has 0 atom stereocenters. The highest BCUT2D eigenvalue weighted by Crippen LogP contribution is 2.19. The van der Waals surface area contributed by atoms with E-state index >= 15 is 0 Å². The molecule has 1 rings (SSSR count).